The minimum absolute atomic E-state index is 0.0106. The van der Waals surface area contributed by atoms with Crippen LogP contribution in [0.1, 0.15) is 17.5 Å². The van der Waals surface area contributed by atoms with Gasteiger partial charge in [0.2, 0.25) is 11.8 Å². The minimum atomic E-state index is 0.0106. The van der Waals surface area contributed by atoms with Crippen molar-refractivity contribution in [2.24, 2.45) is 0 Å². The van der Waals surface area contributed by atoms with Gasteiger partial charge in [-0.25, -0.2) is 0 Å². The number of hydrogen-bond acceptors (Lipinski definition) is 3. The summed E-state index contributed by atoms with van der Waals surface area (Å²) >= 11 is 0. The lowest BCUT2D eigenvalue weighted by molar-refractivity contribution is -0.132. The van der Waals surface area contributed by atoms with Crippen LogP contribution in [-0.2, 0) is 16.0 Å². The Hall–Kier alpha value is -3.44. The molecule has 0 atom stereocenters. The van der Waals surface area contributed by atoms with E-state index in [0.717, 1.165) is 41.0 Å². The zero-order valence-electron chi connectivity index (χ0n) is 19.2. The molecule has 1 aliphatic rings. The number of rotatable bonds is 7. The molecule has 2 amide bonds. The topological polar surface area (TPSA) is 52.7 Å². The van der Waals surface area contributed by atoms with Crippen LogP contribution in [0.15, 0.2) is 78.9 Å². The third kappa shape index (κ3) is 6.08. The van der Waals surface area contributed by atoms with Crippen LogP contribution in [-0.4, -0.2) is 54.3 Å². The smallest absolute Gasteiger partial charge is 0.227 e. The Kier molecular flexibility index (Phi) is 7.53. The molecule has 0 saturated carbocycles. The molecule has 1 N–H and O–H groups in total. The van der Waals surface area contributed by atoms with Gasteiger partial charge >= 0.3 is 0 Å². The molecule has 33 heavy (non-hydrogen) atoms. The summed E-state index contributed by atoms with van der Waals surface area (Å²) in [6.07, 6.45) is 0.885. The van der Waals surface area contributed by atoms with Crippen molar-refractivity contribution >= 4 is 17.5 Å². The van der Waals surface area contributed by atoms with Gasteiger partial charge in [0.15, 0.2) is 0 Å². The van der Waals surface area contributed by atoms with Crippen molar-refractivity contribution in [1.29, 1.82) is 0 Å². The maximum atomic E-state index is 12.7. The number of carbonyl (C=O) groups is 2. The highest BCUT2D eigenvalue weighted by Gasteiger charge is 2.22. The largest absolute Gasteiger partial charge is 0.340 e. The number of piperazine rings is 1. The van der Waals surface area contributed by atoms with Crippen LogP contribution in [0.25, 0.3) is 11.1 Å². The number of amides is 2. The van der Waals surface area contributed by atoms with E-state index in [1.807, 2.05) is 90.7 Å². The Labute approximate surface area is 196 Å². The molecule has 3 aromatic rings. The molecule has 1 fully saturated rings. The van der Waals surface area contributed by atoms with E-state index in [1.165, 1.54) is 0 Å². The van der Waals surface area contributed by atoms with E-state index in [4.69, 9.17) is 0 Å². The van der Waals surface area contributed by atoms with Gasteiger partial charge in [-0.2, -0.15) is 0 Å². The van der Waals surface area contributed by atoms with Crippen molar-refractivity contribution in [1.82, 2.24) is 9.80 Å². The number of para-hydroxylation sites is 1. The normalized spacial score (nSPS) is 14.2. The zero-order valence-corrected chi connectivity index (χ0v) is 19.2. The van der Waals surface area contributed by atoms with E-state index in [-0.39, 0.29) is 11.8 Å². The molecule has 0 aromatic heterocycles. The van der Waals surface area contributed by atoms with Gasteiger partial charge < -0.3 is 10.2 Å². The second-order valence-electron chi connectivity index (χ2n) is 8.54. The Bertz CT molecular complexity index is 1090. The molecule has 1 heterocycles. The highest BCUT2D eigenvalue weighted by Crippen LogP contribution is 2.27. The van der Waals surface area contributed by atoms with Gasteiger partial charge in [0.25, 0.3) is 0 Å². The molecule has 1 saturated heterocycles. The van der Waals surface area contributed by atoms with E-state index < -0.39 is 0 Å². The first-order chi connectivity index (χ1) is 16.1. The van der Waals surface area contributed by atoms with Gasteiger partial charge in [-0.15, -0.1) is 0 Å². The molecular formula is C28H31N3O2. The van der Waals surface area contributed by atoms with Crippen molar-refractivity contribution in [2.45, 2.75) is 19.8 Å². The summed E-state index contributed by atoms with van der Waals surface area (Å²) in [6.45, 7) is 5.76. The number of hydrogen-bond donors (Lipinski definition) is 1. The van der Waals surface area contributed by atoms with Crippen LogP contribution in [0.5, 0.6) is 0 Å². The van der Waals surface area contributed by atoms with E-state index in [2.05, 4.69) is 10.2 Å². The average Bonchev–Trinajstić information content (AvgIpc) is 2.85. The van der Waals surface area contributed by atoms with Gasteiger partial charge in [-0.05, 0) is 29.7 Å². The Morgan fingerprint density at radius 2 is 1.48 bits per heavy atom. The van der Waals surface area contributed by atoms with E-state index >= 15 is 0 Å². The first-order valence-corrected chi connectivity index (χ1v) is 11.6. The molecule has 0 unspecified atom stereocenters. The first kappa shape index (κ1) is 22.7. The lowest BCUT2D eigenvalue weighted by Crippen LogP contribution is -2.49. The molecule has 0 bridgehead atoms. The van der Waals surface area contributed by atoms with Gasteiger partial charge in [0, 0.05) is 50.4 Å². The minimum Gasteiger partial charge on any atom is -0.340 e. The second kappa shape index (κ2) is 10.9. The van der Waals surface area contributed by atoms with Crippen molar-refractivity contribution in [3.63, 3.8) is 0 Å². The van der Waals surface area contributed by atoms with E-state index in [0.29, 0.717) is 32.5 Å². The summed E-state index contributed by atoms with van der Waals surface area (Å²) in [7, 11) is 0. The van der Waals surface area contributed by atoms with Gasteiger partial charge in [-0.3, -0.25) is 14.5 Å². The molecule has 5 heteroatoms. The van der Waals surface area contributed by atoms with Gasteiger partial charge in [0.1, 0.15) is 0 Å². The number of aryl methyl sites for hydroxylation is 1. The van der Waals surface area contributed by atoms with Crippen LogP contribution < -0.4 is 5.32 Å². The molecule has 0 spiro atoms. The average molecular weight is 442 g/mol. The van der Waals surface area contributed by atoms with Crippen LogP contribution in [0.3, 0.4) is 0 Å². The fourth-order valence-electron chi connectivity index (χ4n) is 4.24. The number of benzene rings is 3. The molecule has 0 aliphatic carbocycles. The Balaban J connectivity index is 1.24. The quantitative estimate of drug-likeness (QED) is 0.592. The Morgan fingerprint density at radius 3 is 2.24 bits per heavy atom. The fraction of sp³-hybridized carbons (Fsp3) is 0.286. The van der Waals surface area contributed by atoms with Crippen molar-refractivity contribution < 1.29 is 9.59 Å². The molecule has 1 aliphatic heterocycles. The molecule has 170 valence electrons. The third-order valence-corrected chi connectivity index (χ3v) is 6.27. The summed E-state index contributed by atoms with van der Waals surface area (Å²) in [6, 6.07) is 26.0. The van der Waals surface area contributed by atoms with Crippen molar-refractivity contribution in [3.8, 4) is 11.1 Å². The number of anilines is 1. The zero-order chi connectivity index (χ0) is 23.0. The van der Waals surface area contributed by atoms with Crippen LogP contribution in [0, 0.1) is 6.92 Å². The summed E-state index contributed by atoms with van der Waals surface area (Å²) in [5.41, 5.74) is 5.19. The molecule has 0 radical (unpaired) electrons. The SMILES string of the molecule is Cc1ccccc1CC(=O)N1CCN(CCC(=O)Nc2ccccc2-c2ccccc2)CC1. The summed E-state index contributed by atoms with van der Waals surface area (Å²) < 4.78 is 0. The maximum absolute atomic E-state index is 12.7. The maximum Gasteiger partial charge on any atom is 0.227 e. The highest BCUT2D eigenvalue weighted by atomic mass is 16.2. The number of nitrogens with one attached hydrogen (secondary N) is 1. The van der Waals surface area contributed by atoms with Crippen LogP contribution >= 0.6 is 0 Å². The number of nitrogens with zero attached hydrogens (tertiary/aromatic N) is 2. The Morgan fingerprint density at radius 1 is 0.818 bits per heavy atom. The highest BCUT2D eigenvalue weighted by molar-refractivity contribution is 5.95. The standard InChI is InChI=1S/C28H31N3O2/c1-22-9-5-6-12-24(22)21-28(33)31-19-17-30(18-20-31)16-15-27(32)29-26-14-8-7-13-25(26)23-10-3-2-4-11-23/h2-14H,15-21H2,1H3,(H,29,32). The third-order valence-electron chi connectivity index (χ3n) is 6.27. The lowest BCUT2D eigenvalue weighted by Gasteiger charge is -2.34. The molecule has 5 nitrogen and oxygen atoms in total. The monoisotopic (exact) mass is 441 g/mol. The van der Waals surface area contributed by atoms with Crippen LogP contribution in [0.2, 0.25) is 0 Å². The first-order valence-electron chi connectivity index (χ1n) is 11.6. The van der Waals surface area contributed by atoms with Gasteiger partial charge in [-0.1, -0.05) is 72.8 Å². The van der Waals surface area contributed by atoms with E-state index in [9.17, 15) is 9.59 Å². The number of carbonyl (C=O) groups excluding carboxylic acids is 2. The molecule has 3 aromatic carbocycles. The summed E-state index contributed by atoms with van der Waals surface area (Å²) in [5.74, 6) is 0.190. The lowest BCUT2D eigenvalue weighted by atomic mass is 10.0. The second-order valence-corrected chi connectivity index (χ2v) is 8.54. The van der Waals surface area contributed by atoms with Crippen LogP contribution in [0.4, 0.5) is 5.69 Å². The fourth-order valence-corrected chi connectivity index (χ4v) is 4.24. The van der Waals surface area contributed by atoms with E-state index in [1.54, 1.807) is 0 Å². The van der Waals surface area contributed by atoms with Gasteiger partial charge in [0.05, 0.1) is 6.42 Å². The summed E-state index contributed by atoms with van der Waals surface area (Å²) in [4.78, 5) is 29.5. The summed E-state index contributed by atoms with van der Waals surface area (Å²) in [5, 5.41) is 3.08. The molecular weight excluding hydrogens is 410 g/mol. The van der Waals surface area contributed by atoms with Crippen molar-refractivity contribution in [2.75, 3.05) is 38.0 Å². The molecule has 4 rings (SSSR count). The predicted octanol–water partition coefficient (Wildman–Crippen LogP) is 4.38. The predicted molar refractivity (Wildman–Crippen MR) is 133 cm³/mol. The van der Waals surface area contributed by atoms with Crippen molar-refractivity contribution in [3.05, 3.63) is 90.0 Å².